The van der Waals surface area contributed by atoms with Crippen molar-refractivity contribution in [2.75, 3.05) is 40.5 Å². The van der Waals surface area contributed by atoms with Crippen LogP contribution in [0.2, 0.25) is 0 Å². The number of hydrogen-bond donors (Lipinski definition) is 0. The normalized spacial score (nSPS) is 25.9. The zero-order valence-corrected chi connectivity index (χ0v) is 13.6. The first-order chi connectivity index (χ1) is 11.1. The van der Waals surface area contributed by atoms with Crippen molar-refractivity contribution in [3.63, 3.8) is 0 Å². The Morgan fingerprint density at radius 2 is 2.26 bits per heavy atom. The van der Waals surface area contributed by atoms with E-state index in [1.165, 1.54) is 6.07 Å². The Kier molecular flexibility index (Phi) is 4.82. The second-order valence-corrected chi connectivity index (χ2v) is 6.29. The maximum Gasteiger partial charge on any atom is 0.248 e. The van der Waals surface area contributed by atoms with Crippen LogP contribution in [-0.2, 0) is 16.1 Å². The standard InChI is InChI=1S/C17H23FN2O3/c1-19-15-9-20(7-6-12(15)10-23-11-17(19)21)8-13-14(18)4-3-5-16(13)22-2/h3-5,12,15H,6-11H2,1-2H3/t12-,15-/m0/s1. The molecule has 6 heteroatoms. The molecule has 1 amide bonds. The molecule has 2 fully saturated rings. The van der Waals surface area contributed by atoms with E-state index in [1.54, 1.807) is 24.1 Å². The monoisotopic (exact) mass is 322 g/mol. The predicted octanol–water partition coefficient (Wildman–Crippen LogP) is 1.51. The molecule has 126 valence electrons. The van der Waals surface area contributed by atoms with Crippen LogP contribution in [0.5, 0.6) is 5.75 Å². The molecule has 0 radical (unpaired) electrons. The molecule has 0 N–H and O–H groups in total. The number of nitrogens with zero attached hydrogens (tertiary/aromatic N) is 2. The number of amides is 1. The van der Waals surface area contributed by atoms with Gasteiger partial charge >= 0.3 is 0 Å². The first kappa shape index (κ1) is 16.2. The minimum atomic E-state index is -0.250. The summed E-state index contributed by atoms with van der Waals surface area (Å²) in [6, 6.07) is 5.01. The molecule has 0 unspecified atom stereocenters. The lowest BCUT2D eigenvalue weighted by atomic mass is 9.91. The number of piperidine rings is 1. The highest BCUT2D eigenvalue weighted by atomic mass is 19.1. The smallest absolute Gasteiger partial charge is 0.248 e. The van der Waals surface area contributed by atoms with Gasteiger partial charge in [-0.1, -0.05) is 6.07 Å². The SMILES string of the molecule is COc1cccc(F)c1CN1CC[C@H]2COCC(=O)N(C)[C@H]2C1. The van der Waals surface area contributed by atoms with Gasteiger partial charge in [0.1, 0.15) is 18.2 Å². The summed E-state index contributed by atoms with van der Waals surface area (Å²) in [5.41, 5.74) is 0.576. The van der Waals surface area contributed by atoms with Gasteiger partial charge in [0.25, 0.3) is 0 Å². The van der Waals surface area contributed by atoms with E-state index in [9.17, 15) is 9.18 Å². The van der Waals surface area contributed by atoms with Gasteiger partial charge in [-0.3, -0.25) is 9.69 Å². The fourth-order valence-corrected chi connectivity index (χ4v) is 3.51. The summed E-state index contributed by atoms with van der Waals surface area (Å²) in [7, 11) is 3.39. The van der Waals surface area contributed by atoms with Gasteiger partial charge in [0.2, 0.25) is 5.91 Å². The number of benzene rings is 1. The molecule has 2 aliphatic heterocycles. The molecule has 23 heavy (non-hydrogen) atoms. The lowest BCUT2D eigenvalue weighted by Crippen LogP contribution is -2.52. The van der Waals surface area contributed by atoms with E-state index in [1.807, 2.05) is 7.05 Å². The fraction of sp³-hybridized carbons (Fsp3) is 0.588. The second-order valence-electron chi connectivity index (χ2n) is 6.29. The van der Waals surface area contributed by atoms with Gasteiger partial charge in [0.15, 0.2) is 0 Å². The molecule has 0 bridgehead atoms. The Bertz CT molecular complexity index is 581. The third-order valence-corrected chi connectivity index (χ3v) is 4.93. The molecule has 2 heterocycles. The highest BCUT2D eigenvalue weighted by Gasteiger charge is 2.36. The summed E-state index contributed by atoms with van der Waals surface area (Å²) in [6.45, 7) is 2.86. The number of likely N-dealkylation sites (N-methyl/N-ethyl adjacent to an activating group) is 1. The number of hydrogen-bond acceptors (Lipinski definition) is 4. The van der Waals surface area contributed by atoms with Crippen LogP contribution in [0.3, 0.4) is 0 Å². The van der Waals surface area contributed by atoms with E-state index in [-0.39, 0.29) is 24.4 Å². The lowest BCUT2D eigenvalue weighted by Gasteiger charge is -2.41. The Morgan fingerprint density at radius 3 is 3.04 bits per heavy atom. The highest BCUT2D eigenvalue weighted by Crippen LogP contribution is 2.28. The van der Waals surface area contributed by atoms with Crippen LogP contribution in [0.15, 0.2) is 18.2 Å². The van der Waals surface area contributed by atoms with Gasteiger partial charge in [-0.2, -0.15) is 0 Å². The zero-order valence-electron chi connectivity index (χ0n) is 13.6. The summed E-state index contributed by atoms with van der Waals surface area (Å²) in [6.07, 6.45) is 0.944. The van der Waals surface area contributed by atoms with Gasteiger partial charge in [-0.05, 0) is 25.1 Å². The van der Waals surface area contributed by atoms with Crippen molar-refractivity contribution >= 4 is 5.91 Å². The van der Waals surface area contributed by atoms with Crippen LogP contribution < -0.4 is 4.74 Å². The molecule has 0 saturated carbocycles. The second kappa shape index (κ2) is 6.84. The average molecular weight is 322 g/mol. The third kappa shape index (κ3) is 3.33. The fourth-order valence-electron chi connectivity index (χ4n) is 3.51. The Morgan fingerprint density at radius 1 is 1.43 bits per heavy atom. The molecule has 1 aromatic carbocycles. The van der Waals surface area contributed by atoms with Crippen molar-refractivity contribution in [2.24, 2.45) is 5.92 Å². The minimum absolute atomic E-state index is 0.0165. The lowest BCUT2D eigenvalue weighted by molar-refractivity contribution is -0.134. The number of methoxy groups -OCH3 is 1. The van der Waals surface area contributed by atoms with Crippen LogP contribution in [0.1, 0.15) is 12.0 Å². The summed E-state index contributed by atoms with van der Waals surface area (Å²) in [4.78, 5) is 16.0. The highest BCUT2D eigenvalue weighted by molar-refractivity contribution is 5.77. The van der Waals surface area contributed by atoms with E-state index in [0.29, 0.717) is 30.4 Å². The molecule has 0 spiro atoms. The van der Waals surface area contributed by atoms with E-state index in [2.05, 4.69) is 4.90 Å². The van der Waals surface area contributed by atoms with Crippen molar-refractivity contribution in [2.45, 2.75) is 19.0 Å². The molecule has 2 atom stereocenters. The van der Waals surface area contributed by atoms with E-state index >= 15 is 0 Å². The number of likely N-dealkylation sites (tertiary alicyclic amines) is 1. The van der Waals surface area contributed by atoms with E-state index < -0.39 is 0 Å². The van der Waals surface area contributed by atoms with Crippen LogP contribution in [-0.4, -0.2) is 62.2 Å². The quantitative estimate of drug-likeness (QED) is 0.846. The Balaban J connectivity index is 1.75. The van der Waals surface area contributed by atoms with Gasteiger partial charge in [-0.25, -0.2) is 4.39 Å². The van der Waals surface area contributed by atoms with Crippen molar-refractivity contribution in [3.05, 3.63) is 29.6 Å². The molecule has 1 aromatic rings. The predicted molar refractivity (Wildman–Crippen MR) is 83.7 cm³/mol. The minimum Gasteiger partial charge on any atom is -0.496 e. The molecule has 3 rings (SSSR count). The first-order valence-electron chi connectivity index (χ1n) is 7.97. The molecule has 0 aliphatic carbocycles. The van der Waals surface area contributed by atoms with Crippen molar-refractivity contribution in [1.29, 1.82) is 0 Å². The van der Waals surface area contributed by atoms with Crippen LogP contribution in [0.25, 0.3) is 0 Å². The maximum atomic E-state index is 14.1. The summed E-state index contributed by atoms with van der Waals surface area (Å²) < 4.78 is 24.9. The van der Waals surface area contributed by atoms with Gasteiger partial charge in [-0.15, -0.1) is 0 Å². The topological polar surface area (TPSA) is 42.0 Å². The van der Waals surface area contributed by atoms with Crippen molar-refractivity contribution < 1.29 is 18.7 Å². The Hall–Kier alpha value is -1.66. The maximum absolute atomic E-state index is 14.1. The number of rotatable bonds is 3. The molecule has 0 aromatic heterocycles. The molecule has 2 aliphatic rings. The molecular formula is C17H23FN2O3. The number of halogens is 1. The average Bonchev–Trinajstić information content (AvgIpc) is 2.69. The van der Waals surface area contributed by atoms with Crippen molar-refractivity contribution in [3.8, 4) is 5.75 Å². The first-order valence-corrected chi connectivity index (χ1v) is 7.97. The number of carbonyl (C=O) groups excluding carboxylic acids is 1. The van der Waals surface area contributed by atoms with Gasteiger partial charge in [0, 0.05) is 37.7 Å². The van der Waals surface area contributed by atoms with Crippen molar-refractivity contribution in [1.82, 2.24) is 9.80 Å². The molecule has 5 nitrogen and oxygen atoms in total. The van der Waals surface area contributed by atoms with Crippen LogP contribution in [0, 0.1) is 11.7 Å². The number of carbonyl (C=O) groups is 1. The third-order valence-electron chi connectivity index (χ3n) is 4.93. The Labute approximate surface area is 136 Å². The summed E-state index contributed by atoms with van der Waals surface area (Å²) in [5.74, 6) is 0.689. The largest absolute Gasteiger partial charge is 0.496 e. The summed E-state index contributed by atoms with van der Waals surface area (Å²) in [5, 5.41) is 0. The zero-order chi connectivity index (χ0) is 16.4. The number of fused-ring (bicyclic) bond motifs is 1. The van der Waals surface area contributed by atoms with Gasteiger partial charge < -0.3 is 14.4 Å². The van der Waals surface area contributed by atoms with E-state index in [0.717, 1.165) is 19.5 Å². The van der Waals surface area contributed by atoms with Crippen LogP contribution in [0.4, 0.5) is 4.39 Å². The number of ether oxygens (including phenoxy) is 2. The van der Waals surface area contributed by atoms with Crippen LogP contribution >= 0.6 is 0 Å². The molecular weight excluding hydrogens is 299 g/mol. The van der Waals surface area contributed by atoms with Gasteiger partial charge in [0.05, 0.1) is 13.7 Å². The van der Waals surface area contributed by atoms with E-state index in [4.69, 9.17) is 9.47 Å². The summed E-state index contributed by atoms with van der Waals surface area (Å²) >= 11 is 0. The molecule has 2 saturated heterocycles.